The monoisotopic (exact) mass is 196 g/mol. The van der Waals surface area contributed by atoms with E-state index >= 15 is 0 Å². The molecule has 3 heteroatoms. The quantitative estimate of drug-likeness (QED) is 0.802. The number of thioether (sulfide) groups is 1. The minimum atomic E-state index is -0.856. The zero-order valence-corrected chi connectivity index (χ0v) is 8.30. The van der Waals surface area contributed by atoms with Crippen molar-refractivity contribution in [2.75, 3.05) is 12.0 Å². The van der Waals surface area contributed by atoms with E-state index < -0.39 is 5.97 Å². The molecule has 0 fully saturated rings. The summed E-state index contributed by atoms with van der Waals surface area (Å²) < 4.78 is 0. The Balaban J connectivity index is 2.73. The molecule has 0 heterocycles. The van der Waals surface area contributed by atoms with Crippen LogP contribution in [-0.2, 0) is 6.42 Å². The van der Waals surface area contributed by atoms with Gasteiger partial charge in [-0.05, 0) is 36.1 Å². The lowest BCUT2D eigenvalue weighted by Crippen LogP contribution is -1.97. The van der Waals surface area contributed by atoms with Crippen molar-refractivity contribution in [3.63, 3.8) is 0 Å². The first-order valence-corrected chi connectivity index (χ1v) is 5.44. The van der Waals surface area contributed by atoms with Crippen molar-refractivity contribution in [2.45, 2.75) is 6.42 Å². The Hall–Kier alpha value is -0.960. The van der Waals surface area contributed by atoms with Gasteiger partial charge < -0.3 is 5.11 Å². The van der Waals surface area contributed by atoms with Gasteiger partial charge in [-0.3, -0.25) is 0 Å². The fourth-order valence-electron chi connectivity index (χ4n) is 1.08. The van der Waals surface area contributed by atoms with E-state index in [1.54, 1.807) is 30.0 Å². The van der Waals surface area contributed by atoms with Crippen molar-refractivity contribution in [2.24, 2.45) is 0 Å². The van der Waals surface area contributed by atoms with E-state index in [4.69, 9.17) is 5.11 Å². The SMILES string of the molecule is CSCCc1cccc(C(=O)O)c1. The molecule has 0 aliphatic rings. The predicted octanol–water partition coefficient (Wildman–Crippen LogP) is 2.29. The van der Waals surface area contributed by atoms with Crippen molar-refractivity contribution in [3.05, 3.63) is 35.4 Å². The second kappa shape index (κ2) is 4.92. The van der Waals surface area contributed by atoms with E-state index in [0.29, 0.717) is 5.56 Å². The molecule has 70 valence electrons. The Morgan fingerprint density at radius 3 is 2.92 bits per heavy atom. The van der Waals surface area contributed by atoms with Crippen molar-refractivity contribution >= 4 is 17.7 Å². The van der Waals surface area contributed by atoms with Crippen LogP contribution >= 0.6 is 11.8 Å². The Bertz CT molecular complexity index is 297. The molecule has 0 aromatic heterocycles. The highest BCUT2D eigenvalue weighted by Gasteiger charge is 2.02. The lowest BCUT2D eigenvalue weighted by molar-refractivity contribution is 0.0697. The number of hydrogen-bond donors (Lipinski definition) is 1. The van der Waals surface area contributed by atoms with Crippen LogP contribution in [0.3, 0.4) is 0 Å². The summed E-state index contributed by atoms with van der Waals surface area (Å²) in [5.74, 6) is 0.175. The van der Waals surface area contributed by atoms with Gasteiger partial charge in [-0.15, -0.1) is 0 Å². The van der Waals surface area contributed by atoms with Crippen LogP contribution in [0.2, 0.25) is 0 Å². The van der Waals surface area contributed by atoms with Crippen LogP contribution in [0.25, 0.3) is 0 Å². The fourth-order valence-corrected chi connectivity index (χ4v) is 1.52. The van der Waals surface area contributed by atoms with Crippen LogP contribution in [0, 0.1) is 0 Å². The number of carboxylic acids is 1. The van der Waals surface area contributed by atoms with Crippen molar-refractivity contribution in [3.8, 4) is 0 Å². The topological polar surface area (TPSA) is 37.3 Å². The molecule has 0 saturated heterocycles. The largest absolute Gasteiger partial charge is 0.478 e. The van der Waals surface area contributed by atoms with E-state index in [9.17, 15) is 4.79 Å². The standard InChI is InChI=1S/C10H12O2S/c1-13-6-5-8-3-2-4-9(7-8)10(11)12/h2-4,7H,5-6H2,1H3,(H,11,12). The predicted molar refractivity (Wildman–Crippen MR) is 55.5 cm³/mol. The molecule has 0 aliphatic heterocycles. The van der Waals surface area contributed by atoms with Gasteiger partial charge in [-0.2, -0.15) is 11.8 Å². The molecule has 1 N–H and O–H groups in total. The Labute approximate surface area is 82.0 Å². The van der Waals surface area contributed by atoms with E-state index in [2.05, 4.69) is 0 Å². The summed E-state index contributed by atoms with van der Waals surface area (Å²) in [7, 11) is 0. The first-order valence-electron chi connectivity index (χ1n) is 4.05. The van der Waals surface area contributed by atoms with Gasteiger partial charge in [0.2, 0.25) is 0 Å². The van der Waals surface area contributed by atoms with Gasteiger partial charge >= 0.3 is 5.97 Å². The summed E-state index contributed by atoms with van der Waals surface area (Å²) in [5, 5.41) is 8.73. The maximum Gasteiger partial charge on any atom is 0.335 e. The van der Waals surface area contributed by atoms with E-state index in [-0.39, 0.29) is 0 Å². The number of carbonyl (C=O) groups is 1. The Morgan fingerprint density at radius 1 is 1.54 bits per heavy atom. The smallest absolute Gasteiger partial charge is 0.335 e. The molecule has 0 amide bonds. The molecule has 0 atom stereocenters. The number of rotatable bonds is 4. The van der Waals surface area contributed by atoms with Gasteiger partial charge in [0.05, 0.1) is 5.56 Å². The minimum absolute atomic E-state index is 0.374. The van der Waals surface area contributed by atoms with Crippen LogP contribution in [0.4, 0.5) is 0 Å². The van der Waals surface area contributed by atoms with E-state index in [0.717, 1.165) is 17.7 Å². The van der Waals surface area contributed by atoms with Crippen LogP contribution in [0.1, 0.15) is 15.9 Å². The first-order chi connectivity index (χ1) is 6.24. The highest BCUT2D eigenvalue weighted by Crippen LogP contribution is 2.08. The zero-order valence-electron chi connectivity index (χ0n) is 7.49. The molecule has 0 spiro atoms. The van der Waals surface area contributed by atoms with Crippen molar-refractivity contribution in [1.82, 2.24) is 0 Å². The third kappa shape index (κ3) is 3.11. The molecule has 1 aromatic carbocycles. The summed E-state index contributed by atoms with van der Waals surface area (Å²) in [6, 6.07) is 7.10. The molecule has 0 unspecified atom stereocenters. The Morgan fingerprint density at radius 2 is 2.31 bits per heavy atom. The number of hydrogen-bond acceptors (Lipinski definition) is 2. The van der Waals surface area contributed by atoms with Crippen LogP contribution in [-0.4, -0.2) is 23.1 Å². The van der Waals surface area contributed by atoms with Gasteiger partial charge in [0, 0.05) is 0 Å². The van der Waals surface area contributed by atoms with Crippen molar-refractivity contribution in [1.29, 1.82) is 0 Å². The number of benzene rings is 1. The number of aryl methyl sites for hydroxylation is 1. The van der Waals surface area contributed by atoms with Crippen LogP contribution < -0.4 is 0 Å². The number of aromatic carboxylic acids is 1. The summed E-state index contributed by atoms with van der Waals surface area (Å²) in [5.41, 5.74) is 1.47. The maximum absolute atomic E-state index is 10.6. The normalized spacial score (nSPS) is 9.92. The van der Waals surface area contributed by atoms with Crippen LogP contribution in [0.15, 0.2) is 24.3 Å². The molecular formula is C10H12O2S. The average molecular weight is 196 g/mol. The van der Waals surface area contributed by atoms with Gasteiger partial charge in [0.25, 0.3) is 0 Å². The maximum atomic E-state index is 10.6. The molecule has 2 nitrogen and oxygen atoms in total. The lowest BCUT2D eigenvalue weighted by atomic mass is 10.1. The zero-order chi connectivity index (χ0) is 9.68. The minimum Gasteiger partial charge on any atom is -0.478 e. The molecule has 13 heavy (non-hydrogen) atoms. The third-order valence-electron chi connectivity index (χ3n) is 1.77. The highest BCUT2D eigenvalue weighted by atomic mass is 32.2. The molecule has 0 saturated carbocycles. The summed E-state index contributed by atoms with van der Waals surface area (Å²) >= 11 is 1.76. The summed E-state index contributed by atoms with van der Waals surface area (Å²) in [6.45, 7) is 0. The second-order valence-corrected chi connectivity index (χ2v) is 3.73. The van der Waals surface area contributed by atoms with E-state index in [1.807, 2.05) is 12.3 Å². The van der Waals surface area contributed by atoms with Gasteiger partial charge in [-0.1, -0.05) is 12.1 Å². The molecule has 0 radical (unpaired) electrons. The van der Waals surface area contributed by atoms with Gasteiger partial charge in [0.15, 0.2) is 0 Å². The van der Waals surface area contributed by atoms with Gasteiger partial charge in [-0.25, -0.2) is 4.79 Å². The van der Waals surface area contributed by atoms with Crippen molar-refractivity contribution < 1.29 is 9.90 Å². The molecule has 0 bridgehead atoms. The second-order valence-electron chi connectivity index (χ2n) is 2.75. The summed E-state index contributed by atoms with van der Waals surface area (Å²) in [4.78, 5) is 10.6. The molecular weight excluding hydrogens is 184 g/mol. The molecule has 1 rings (SSSR count). The molecule has 0 aliphatic carbocycles. The highest BCUT2D eigenvalue weighted by molar-refractivity contribution is 7.98. The Kier molecular flexibility index (Phi) is 3.83. The summed E-state index contributed by atoms with van der Waals surface area (Å²) in [6.07, 6.45) is 2.98. The fraction of sp³-hybridized carbons (Fsp3) is 0.300. The van der Waals surface area contributed by atoms with Gasteiger partial charge in [0.1, 0.15) is 0 Å². The molecule has 1 aromatic rings. The first kappa shape index (κ1) is 10.1. The van der Waals surface area contributed by atoms with E-state index in [1.165, 1.54) is 0 Å². The lowest BCUT2D eigenvalue weighted by Gasteiger charge is -2.00. The average Bonchev–Trinajstić information content (AvgIpc) is 2.15. The third-order valence-corrected chi connectivity index (χ3v) is 2.38. The van der Waals surface area contributed by atoms with Crippen LogP contribution in [0.5, 0.6) is 0 Å². The number of carboxylic acid groups (broad SMARTS) is 1.